The van der Waals surface area contributed by atoms with Crippen LogP contribution >= 0.6 is 22.9 Å². The highest BCUT2D eigenvalue weighted by atomic mass is 35.5. The molecule has 7 heteroatoms. The van der Waals surface area contributed by atoms with Gasteiger partial charge >= 0.3 is 0 Å². The molecular formula is C22H26ClN3O2S. The van der Waals surface area contributed by atoms with E-state index >= 15 is 0 Å². The molecule has 5 nitrogen and oxygen atoms in total. The lowest BCUT2D eigenvalue weighted by atomic mass is 10.0. The smallest absolute Gasteiger partial charge is 0.233 e. The van der Waals surface area contributed by atoms with Gasteiger partial charge in [-0.15, -0.1) is 0 Å². The molecule has 0 aliphatic rings. The van der Waals surface area contributed by atoms with Gasteiger partial charge in [-0.3, -0.25) is 9.69 Å². The molecule has 0 aliphatic heterocycles. The van der Waals surface area contributed by atoms with Gasteiger partial charge in [-0.05, 0) is 51.2 Å². The Hall–Kier alpha value is -2.15. The van der Waals surface area contributed by atoms with Crippen LogP contribution in [0.5, 0.6) is 5.75 Å². The lowest BCUT2D eigenvalue weighted by Crippen LogP contribution is -2.37. The first-order valence-electron chi connectivity index (χ1n) is 9.44. The molecule has 3 rings (SSSR count). The van der Waals surface area contributed by atoms with Crippen molar-refractivity contribution in [2.45, 2.75) is 20.3 Å². The first-order chi connectivity index (χ1) is 13.8. The molecule has 0 fully saturated rings. The van der Waals surface area contributed by atoms with Gasteiger partial charge in [0.25, 0.3) is 0 Å². The van der Waals surface area contributed by atoms with Crippen LogP contribution in [-0.2, 0) is 11.2 Å². The summed E-state index contributed by atoms with van der Waals surface area (Å²) in [6.45, 7) is 5.36. The molecule has 0 bridgehead atoms. The predicted molar refractivity (Wildman–Crippen MR) is 122 cm³/mol. The van der Waals surface area contributed by atoms with E-state index in [4.69, 9.17) is 21.3 Å². The second kappa shape index (κ2) is 9.11. The van der Waals surface area contributed by atoms with Crippen LogP contribution in [0.2, 0.25) is 5.02 Å². The summed E-state index contributed by atoms with van der Waals surface area (Å²) >= 11 is 7.81. The molecule has 3 aromatic rings. The van der Waals surface area contributed by atoms with Gasteiger partial charge in [-0.1, -0.05) is 46.7 Å². The molecule has 0 N–H and O–H groups in total. The van der Waals surface area contributed by atoms with E-state index in [1.165, 1.54) is 11.3 Å². The molecular weight excluding hydrogens is 406 g/mol. The van der Waals surface area contributed by atoms with Crippen molar-refractivity contribution in [3.63, 3.8) is 0 Å². The largest absolute Gasteiger partial charge is 0.494 e. The highest BCUT2D eigenvalue weighted by Gasteiger charge is 2.22. The quantitative estimate of drug-likeness (QED) is 0.543. The minimum atomic E-state index is 0.0229. The zero-order valence-corrected chi connectivity index (χ0v) is 19.0. The summed E-state index contributed by atoms with van der Waals surface area (Å²) in [6, 6.07) is 9.80. The standard InChI is InChI=1S/C22H26ClN3O2S/c1-14-6-7-15(2)16(12-14)13-19(27)26(11-10-25(3)4)22-24-20-18(28-5)9-8-17(23)21(20)29-22/h6-9,12H,10-11,13H2,1-5H3. The number of hydrogen-bond donors (Lipinski definition) is 0. The Kier molecular flexibility index (Phi) is 6.77. The van der Waals surface area contributed by atoms with Crippen molar-refractivity contribution in [3.05, 3.63) is 52.0 Å². The number of carbonyl (C=O) groups is 1. The number of hydrogen-bond acceptors (Lipinski definition) is 5. The number of likely N-dealkylation sites (N-methyl/N-ethyl adjacent to an activating group) is 1. The second-order valence-corrected chi connectivity index (χ2v) is 8.76. The molecule has 0 atom stereocenters. The summed E-state index contributed by atoms with van der Waals surface area (Å²) < 4.78 is 6.26. The van der Waals surface area contributed by atoms with Gasteiger partial charge in [0.05, 0.1) is 23.3 Å². The Morgan fingerprint density at radius 1 is 1.17 bits per heavy atom. The fourth-order valence-electron chi connectivity index (χ4n) is 3.10. The molecule has 0 radical (unpaired) electrons. The summed E-state index contributed by atoms with van der Waals surface area (Å²) in [6.07, 6.45) is 0.335. The lowest BCUT2D eigenvalue weighted by Gasteiger charge is -2.22. The molecule has 0 saturated heterocycles. The Balaban J connectivity index is 1.98. The van der Waals surface area contributed by atoms with Crippen molar-refractivity contribution in [1.82, 2.24) is 9.88 Å². The first kappa shape index (κ1) is 21.6. The number of benzene rings is 2. The molecule has 1 aromatic heterocycles. The zero-order chi connectivity index (χ0) is 21.1. The number of rotatable bonds is 7. The van der Waals surface area contributed by atoms with Gasteiger partial charge in [0.2, 0.25) is 5.91 Å². The average molecular weight is 432 g/mol. The number of aryl methyl sites for hydroxylation is 2. The molecule has 0 saturated carbocycles. The average Bonchev–Trinajstić information content (AvgIpc) is 3.11. The number of aromatic nitrogens is 1. The molecule has 29 heavy (non-hydrogen) atoms. The Morgan fingerprint density at radius 3 is 2.62 bits per heavy atom. The SMILES string of the molecule is COc1ccc(Cl)c2sc(N(CCN(C)C)C(=O)Cc3cc(C)ccc3C)nc12. The van der Waals surface area contributed by atoms with E-state index in [-0.39, 0.29) is 5.91 Å². The van der Waals surface area contributed by atoms with Crippen molar-refractivity contribution in [3.8, 4) is 5.75 Å². The van der Waals surface area contributed by atoms with Crippen molar-refractivity contribution < 1.29 is 9.53 Å². The van der Waals surface area contributed by atoms with E-state index in [9.17, 15) is 4.79 Å². The first-order valence-corrected chi connectivity index (χ1v) is 10.6. The van der Waals surface area contributed by atoms with Crippen LogP contribution in [0.1, 0.15) is 16.7 Å². The van der Waals surface area contributed by atoms with Crippen LogP contribution < -0.4 is 9.64 Å². The van der Waals surface area contributed by atoms with Crippen LogP contribution in [0, 0.1) is 13.8 Å². The van der Waals surface area contributed by atoms with Crippen molar-refractivity contribution in [2.75, 3.05) is 39.2 Å². The number of nitrogens with zero attached hydrogens (tertiary/aromatic N) is 3. The maximum atomic E-state index is 13.3. The van der Waals surface area contributed by atoms with Crippen LogP contribution in [0.4, 0.5) is 5.13 Å². The molecule has 1 amide bonds. The third-order valence-corrected chi connectivity index (χ3v) is 6.35. The van der Waals surface area contributed by atoms with Crippen molar-refractivity contribution in [1.29, 1.82) is 0 Å². The molecule has 2 aromatic carbocycles. The maximum absolute atomic E-state index is 13.3. The maximum Gasteiger partial charge on any atom is 0.233 e. The normalized spacial score (nSPS) is 11.3. The fraction of sp³-hybridized carbons (Fsp3) is 0.364. The number of methoxy groups -OCH3 is 1. The van der Waals surface area contributed by atoms with Gasteiger partial charge in [0.1, 0.15) is 11.3 Å². The van der Waals surface area contributed by atoms with E-state index in [2.05, 4.69) is 23.1 Å². The zero-order valence-electron chi connectivity index (χ0n) is 17.5. The molecule has 0 unspecified atom stereocenters. The fourth-order valence-corrected chi connectivity index (χ4v) is 4.40. The Labute approximate surface area is 180 Å². The van der Waals surface area contributed by atoms with Gasteiger partial charge in [-0.2, -0.15) is 0 Å². The number of halogens is 1. The second-order valence-electron chi connectivity index (χ2n) is 7.38. The number of ether oxygens (including phenoxy) is 1. The van der Waals surface area contributed by atoms with E-state index in [1.807, 2.05) is 27.9 Å². The molecule has 0 aliphatic carbocycles. The highest BCUT2D eigenvalue weighted by Crippen LogP contribution is 2.38. The van der Waals surface area contributed by atoms with Crippen molar-refractivity contribution in [2.24, 2.45) is 0 Å². The summed E-state index contributed by atoms with van der Waals surface area (Å²) in [5, 5.41) is 1.25. The highest BCUT2D eigenvalue weighted by molar-refractivity contribution is 7.23. The summed E-state index contributed by atoms with van der Waals surface area (Å²) in [7, 11) is 5.59. The third kappa shape index (κ3) is 4.89. The summed E-state index contributed by atoms with van der Waals surface area (Å²) in [4.78, 5) is 21.9. The third-order valence-electron chi connectivity index (χ3n) is 4.82. The number of carbonyl (C=O) groups excluding carboxylic acids is 1. The number of thiazole rings is 1. The van der Waals surface area contributed by atoms with Crippen LogP contribution in [0.15, 0.2) is 30.3 Å². The van der Waals surface area contributed by atoms with E-state index in [0.717, 1.165) is 27.9 Å². The number of fused-ring (bicyclic) bond motifs is 1. The van der Waals surface area contributed by atoms with E-state index in [0.29, 0.717) is 34.4 Å². The summed E-state index contributed by atoms with van der Waals surface area (Å²) in [5.41, 5.74) is 4.00. The topological polar surface area (TPSA) is 45.7 Å². The molecule has 0 spiro atoms. The summed E-state index contributed by atoms with van der Waals surface area (Å²) in [5.74, 6) is 0.677. The van der Waals surface area contributed by atoms with Crippen LogP contribution in [0.3, 0.4) is 0 Å². The minimum absolute atomic E-state index is 0.0229. The van der Waals surface area contributed by atoms with Crippen molar-refractivity contribution >= 4 is 44.2 Å². The predicted octanol–water partition coefficient (Wildman–Crippen LogP) is 4.71. The molecule has 1 heterocycles. The minimum Gasteiger partial charge on any atom is -0.494 e. The van der Waals surface area contributed by atoms with Gasteiger partial charge in [0, 0.05) is 13.1 Å². The van der Waals surface area contributed by atoms with Gasteiger partial charge in [0.15, 0.2) is 5.13 Å². The Bertz CT molecular complexity index is 1030. The number of anilines is 1. The monoisotopic (exact) mass is 431 g/mol. The van der Waals surface area contributed by atoms with Gasteiger partial charge in [-0.25, -0.2) is 4.98 Å². The van der Waals surface area contributed by atoms with E-state index < -0.39 is 0 Å². The number of amides is 1. The van der Waals surface area contributed by atoms with Crippen LogP contribution in [-0.4, -0.2) is 50.1 Å². The van der Waals surface area contributed by atoms with Crippen LogP contribution in [0.25, 0.3) is 10.2 Å². The van der Waals surface area contributed by atoms with Gasteiger partial charge < -0.3 is 9.64 Å². The Morgan fingerprint density at radius 2 is 1.93 bits per heavy atom. The molecule has 154 valence electrons. The lowest BCUT2D eigenvalue weighted by molar-refractivity contribution is -0.118. The van der Waals surface area contributed by atoms with E-state index in [1.54, 1.807) is 24.1 Å².